The predicted octanol–water partition coefficient (Wildman–Crippen LogP) is 2.14. The van der Waals surface area contributed by atoms with Crippen LogP contribution in [0, 0.1) is 0 Å². The zero-order valence-electron chi connectivity index (χ0n) is 12.6. The van der Waals surface area contributed by atoms with Crippen LogP contribution in [-0.4, -0.2) is 21.7 Å². The van der Waals surface area contributed by atoms with E-state index >= 15 is 0 Å². The maximum absolute atomic E-state index is 6.05. The van der Waals surface area contributed by atoms with E-state index in [9.17, 15) is 0 Å². The van der Waals surface area contributed by atoms with E-state index in [0.29, 0.717) is 0 Å². The molecule has 0 amide bonds. The zero-order valence-corrected chi connectivity index (χ0v) is 12.6. The van der Waals surface area contributed by atoms with Gasteiger partial charge in [-0.1, -0.05) is 26.0 Å². The second kappa shape index (κ2) is 5.68. The van der Waals surface area contributed by atoms with Crippen LogP contribution in [0.15, 0.2) is 18.2 Å². The molecule has 0 saturated carbocycles. The van der Waals surface area contributed by atoms with Gasteiger partial charge in [-0.25, -0.2) is 4.98 Å². The molecule has 21 heavy (non-hydrogen) atoms. The Morgan fingerprint density at radius 2 is 1.95 bits per heavy atom. The normalized spacial score (nSPS) is 14.1. The number of nitrogens with zero attached hydrogens (tertiary/aromatic N) is 4. The SMILES string of the molecule is CCc1nnc(N2CCc3c(N)cccc3C2)nc1CC. The standard InChI is InChI=1S/C16H21N5/c1-3-14-15(4-2)19-20-16(18-14)21-9-8-12-11(10-21)6-5-7-13(12)17/h5-7H,3-4,8-10,17H2,1-2H3. The third kappa shape index (κ3) is 2.55. The average molecular weight is 283 g/mol. The smallest absolute Gasteiger partial charge is 0.245 e. The summed E-state index contributed by atoms with van der Waals surface area (Å²) < 4.78 is 0. The topological polar surface area (TPSA) is 67.9 Å². The van der Waals surface area contributed by atoms with Gasteiger partial charge in [0.05, 0.1) is 11.4 Å². The zero-order chi connectivity index (χ0) is 14.8. The van der Waals surface area contributed by atoms with Crippen molar-refractivity contribution in [3.8, 4) is 0 Å². The van der Waals surface area contributed by atoms with Crippen molar-refractivity contribution in [1.29, 1.82) is 0 Å². The minimum absolute atomic E-state index is 0.733. The molecule has 0 spiro atoms. The minimum Gasteiger partial charge on any atom is -0.398 e. The summed E-state index contributed by atoms with van der Waals surface area (Å²) in [6, 6.07) is 6.11. The Kier molecular flexibility index (Phi) is 3.73. The Balaban J connectivity index is 1.89. The summed E-state index contributed by atoms with van der Waals surface area (Å²) in [4.78, 5) is 6.89. The van der Waals surface area contributed by atoms with E-state index in [2.05, 4.69) is 35.0 Å². The maximum atomic E-state index is 6.05. The summed E-state index contributed by atoms with van der Waals surface area (Å²) in [5.74, 6) is 0.733. The number of anilines is 2. The van der Waals surface area contributed by atoms with Crippen LogP contribution in [0.1, 0.15) is 36.4 Å². The number of benzene rings is 1. The number of nitrogen functional groups attached to an aromatic ring is 1. The highest BCUT2D eigenvalue weighted by atomic mass is 15.3. The van der Waals surface area contributed by atoms with Crippen LogP contribution in [-0.2, 0) is 25.8 Å². The minimum atomic E-state index is 0.733. The number of aryl methyl sites for hydroxylation is 2. The number of fused-ring (bicyclic) bond motifs is 1. The van der Waals surface area contributed by atoms with Gasteiger partial charge in [0, 0.05) is 18.8 Å². The van der Waals surface area contributed by atoms with Gasteiger partial charge in [-0.15, -0.1) is 5.10 Å². The van der Waals surface area contributed by atoms with Gasteiger partial charge in [-0.2, -0.15) is 5.10 Å². The van der Waals surface area contributed by atoms with Gasteiger partial charge in [0.2, 0.25) is 5.95 Å². The van der Waals surface area contributed by atoms with Crippen LogP contribution in [0.3, 0.4) is 0 Å². The maximum Gasteiger partial charge on any atom is 0.245 e. The van der Waals surface area contributed by atoms with Crippen molar-refractivity contribution >= 4 is 11.6 Å². The van der Waals surface area contributed by atoms with Crippen LogP contribution in [0.25, 0.3) is 0 Å². The Morgan fingerprint density at radius 1 is 1.14 bits per heavy atom. The van der Waals surface area contributed by atoms with Crippen molar-refractivity contribution in [1.82, 2.24) is 15.2 Å². The van der Waals surface area contributed by atoms with E-state index in [1.54, 1.807) is 0 Å². The third-order valence-corrected chi connectivity index (χ3v) is 4.08. The van der Waals surface area contributed by atoms with Gasteiger partial charge in [-0.3, -0.25) is 0 Å². The van der Waals surface area contributed by atoms with Crippen LogP contribution in [0.5, 0.6) is 0 Å². The second-order valence-corrected chi connectivity index (χ2v) is 5.37. The van der Waals surface area contributed by atoms with Gasteiger partial charge in [0.15, 0.2) is 0 Å². The van der Waals surface area contributed by atoms with E-state index in [-0.39, 0.29) is 0 Å². The molecule has 1 aromatic heterocycles. The molecule has 0 radical (unpaired) electrons. The van der Waals surface area contributed by atoms with Crippen LogP contribution < -0.4 is 10.6 Å². The highest BCUT2D eigenvalue weighted by Crippen LogP contribution is 2.26. The highest BCUT2D eigenvalue weighted by molar-refractivity contribution is 5.54. The monoisotopic (exact) mass is 283 g/mol. The lowest BCUT2D eigenvalue weighted by Gasteiger charge is -2.29. The van der Waals surface area contributed by atoms with E-state index in [0.717, 1.165) is 55.4 Å². The Hall–Kier alpha value is -2.17. The molecule has 1 aromatic carbocycles. The van der Waals surface area contributed by atoms with Gasteiger partial charge >= 0.3 is 0 Å². The van der Waals surface area contributed by atoms with E-state index in [4.69, 9.17) is 10.7 Å². The quantitative estimate of drug-likeness (QED) is 0.874. The molecular formula is C16H21N5. The largest absolute Gasteiger partial charge is 0.398 e. The molecule has 0 saturated heterocycles. The summed E-state index contributed by atoms with van der Waals surface area (Å²) in [5.41, 5.74) is 11.5. The van der Waals surface area contributed by atoms with Crippen molar-refractivity contribution in [3.05, 3.63) is 40.7 Å². The van der Waals surface area contributed by atoms with Crippen LogP contribution >= 0.6 is 0 Å². The molecule has 2 heterocycles. The van der Waals surface area contributed by atoms with E-state index in [1.165, 1.54) is 11.1 Å². The molecule has 110 valence electrons. The van der Waals surface area contributed by atoms with Crippen molar-refractivity contribution < 1.29 is 0 Å². The molecule has 0 atom stereocenters. The molecule has 0 fully saturated rings. The first-order valence-corrected chi connectivity index (χ1v) is 7.56. The van der Waals surface area contributed by atoms with Crippen LogP contribution in [0.2, 0.25) is 0 Å². The number of rotatable bonds is 3. The summed E-state index contributed by atoms with van der Waals surface area (Å²) in [6.45, 7) is 5.89. The molecule has 2 N–H and O–H groups in total. The molecule has 5 heteroatoms. The lowest BCUT2D eigenvalue weighted by atomic mass is 9.98. The summed E-state index contributed by atoms with van der Waals surface area (Å²) in [7, 11) is 0. The molecule has 1 aliphatic rings. The summed E-state index contributed by atoms with van der Waals surface area (Å²) >= 11 is 0. The van der Waals surface area contributed by atoms with Crippen LogP contribution in [0.4, 0.5) is 11.6 Å². The van der Waals surface area contributed by atoms with Crippen molar-refractivity contribution in [3.63, 3.8) is 0 Å². The lowest BCUT2D eigenvalue weighted by molar-refractivity contribution is 0.684. The number of hydrogen-bond donors (Lipinski definition) is 1. The van der Waals surface area contributed by atoms with Gasteiger partial charge in [0.25, 0.3) is 0 Å². The summed E-state index contributed by atoms with van der Waals surface area (Å²) in [5, 5.41) is 8.65. The first-order chi connectivity index (χ1) is 10.2. The van der Waals surface area contributed by atoms with Gasteiger partial charge in [-0.05, 0) is 36.5 Å². The molecule has 1 aliphatic heterocycles. The number of hydrogen-bond acceptors (Lipinski definition) is 5. The summed E-state index contributed by atoms with van der Waals surface area (Å²) in [6.07, 6.45) is 2.70. The molecule has 5 nitrogen and oxygen atoms in total. The molecule has 0 bridgehead atoms. The number of aromatic nitrogens is 3. The first kappa shape index (κ1) is 13.8. The molecule has 3 rings (SSSR count). The highest BCUT2D eigenvalue weighted by Gasteiger charge is 2.21. The first-order valence-electron chi connectivity index (χ1n) is 7.56. The molecule has 0 aliphatic carbocycles. The second-order valence-electron chi connectivity index (χ2n) is 5.37. The predicted molar refractivity (Wildman–Crippen MR) is 84.2 cm³/mol. The van der Waals surface area contributed by atoms with E-state index < -0.39 is 0 Å². The Morgan fingerprint density at radius 3 is 2.71 bits per heavy atom. The van der Waals surface area contributed by atoms with Crippen molar-refractivity contribution in [2.24, 2.45) is 0 Å². The van der Waals surface area contributed by atoms with Crippen molar-refractivity contribution in [2.45, 2.75) is 39.7 Å². The fourth-order valence-corrected chi connectivity index (χ4v) is 2.87. The third-order valence-electron chi connectivity index (χ3n) is 4.08. The van der Waals surface area contributed by atoms with Gasteiger partial charge in [0.1, 0.15) is 0 Å². The fourth-order valence-electron chi connectivity index (χ4n) is 2.87. The van der Waals surface area contributed by atoms with E-state index in [1.807, 2.05) is 12.1 Å². The lowest BCUT2D eigenvalue weighted by Crippen LogP contribution is -2.32. The Bertz CT molecular complexity index is 653. The Labute approximate surface area is 125 Å². The average Bonchev–Trinajstić information content (AvgIpc) is 2.54. The fraction of sp³-hybridized carbons (Fsp3) is 0.438. The molecule has 2 aromatic rings. The van der Waals surface area contributed by atoms with Crippen molar-refractivity contribution in [2.75, 3.05) is 17.2 Å². The van der Waals surface area contributed by atoms with Gasteiger partial charge < -0.3 is 10.6 Å². The number of nitrogens with two attached hydrogens (primary N) is 1. The molecule has 0 unspecified atom stereocenters. The molecular weight excluding hydrogens is 262 g/mol.